The Kier molecular flexibility index (Phi) is 4.90. The highest BCUT2D eigenvalue weighted by Crippen LogP contribution is 2.27. The lowest BCUT2D eigenvalue weighted by atomic mass is 10.0. The number of aromatic nitrogens is 1. The van der Waals surface area contributed by atoms with Crippen LogP contribution in [-0.4, -0.2) is 34.6 Å². The molecule has 0 bridgehead atoms. The van der Waals surface area contributed by atoms with Gasteiger partial charge in [-0.25, -0.2) is 4.98 Å². The zero-order chi connectivity index (χ0) is 16.4. The van der Waals surface area contributed by atoms with Gasteiger partial charge in [-0.2, -0.15) is 0 Å². The molecular formula is C19H24N2OS. The van der Waals surface area contributed by atoms with E-state index >= 15 is 0 Å². The van der Waals surface area contributed by atoms with Crippen LogP contribution in [0.2, 0.25) is 0 Å². The molecule has 1 aromatic carbocycles. The summed E-state index contributed by atoms with van der Waals surface area (Å²) in [5.41, 5.74) is 4.79. The molecule has 0 saturated carbocycles. The molecule has 2 aromatic rings. The second-order valence-corrected chi connectivity index (χ2v) is 7.41. The number of amides is 1. The Morgan fingerprint density at radius 1 is 1.13 bits per heavy atom. The fourth-order valence-electron chi connectivity index (χ4n) is 3.11. The van der Waals surface area contributed by atoms with Crippen LogP contribution in [0.5, 0.6) is 0 Å². The van der Waals surface area contributed by atoms with Crippen LogP contribution >= 0.6 is 11.8 Å². The second-order valence-electron chi connectivity index (χ2n) is 6.41. The maximum atomic E-state index is 12.3. The van der Waals surface area contributed by atoms with Crippen molar-refractivity contribution in [1.29, 1.82) is 0 Å². The number of likely N-dealkylation sites (tertiary alicyclic amines) is 1. The number of nitrogens with zero attached hydrogens (tertiary/aromatic N) is 2. The van der Waals surface area contributed by atoms with E-state index < -0.39 is 0 Å². The average molecular weight is 328 g/mol. The minimum Gasteiger partial charge on any atom is -0.342 e. The summed E-state index contributed by atoms with van der Waals surface area (Å²) in [6.45, 7) is 8.20. The molecule has 2 heterocycles. The van der Waals surface area contributed by atoms with Crippen molar-refractivity contribution >= 4 is 28.6 Å². The predicted molar refractivity (Wildman–Crippen MR) is 97.1 cm³/mol. The number of hydrogen-bond acceptors (Lipinski definition) is 3. The molecule has 0 radical (unpaired) electrons. The molecule has 1 aliphatic heterocycles. The summed E-state index contributed by atoms with van der Waals surface area (Å²) in [6.07, 6.45) is 3.53. The van der Waals surface area contributed by atoms with Crippen LogP contribution < -0.4 is 0 Å². The monoisotopic (exact) mass is 328 g/mol. The third-order valence-electron chi connectivity index (χ3n) is 4.74. The molecule has 122 valence electrons. The summed E-state index contributed by atoms with van der Waals surface area (Å²) >= 11 is 1.56. The van der Waals surface area contributed by atoms with E-state index in [-0.39, 0.29) is 5.91 Å². The van der Waals surface area contributed by atoms with Crippen LogP contribution in [0.3, 0.4) is 0 Å². The minimum atomic E-state index is 0.246. The molecule has 0 unspecified atom stereocenters. The second kappa shape index (κ2) is 6.91. The van der Waals surface area contributed by atoms with E-state index in [1.54, 1.807) is 11.8 Å². The van der Waals surface area contributed by atoms with Gasteiger partial charge in [-0.1, -0.05) is 23.9 Å². The van der Waals surface area contributed by atoms with E-state index in [0.717, 1.165) is 36.5 Å². The smallest absolute Gasteiger partial charge is 0.232 e. The molecule has 0 atom stereocenters. The summed E-state index contributed by atoms with van der Waals surface area (Å²) in [7, 11) is 0. The summed E-state index contributed by atoms with van der Waals surface area (Å²) < 4.78 is 0. The fourth-order valence-corrected chi connectivity index (χ4v) is 3.98. The van der Waals surface area contributed by atoms with Gasteiger partial charge in [-0.05, 0) is 62.8 Å². The summed E-state index contributed by atoms with van der Waals surface area (Å²) in [5.74, 6) is 0.734. The van der Waals surface area contributed by atoms with Crippen LogP contribution in [-0.2, 0) is 4.79 Å². The van der Waals surface area contributed by atoms with Crippen LogP contribution in [0.1, 0.15) is 36.0 Å². The van der Waals surface area contributed by atoms with Gasteiger partial charge in [0.25, 0.3) is 0 Å². The number of rotatable bonds is 3. The minimum absolute atomic E-state index is 0.246. The number of hydrogen-bond donors (Lipinski definition) is 0. The van der Waals surface area contributed by atoms with Crippen LogP contribution in [0.15, 0.2) is 23.2 Å². The molecule has 3 nitrogen and oxygen atoms in total. The van der Waals surface area contributed by atoms with E-state index in [1.807, 2.05) is 4.90 Å². The van der Waals surface area contributed by atoms with Gasteiger partial charge in [-0.15, -0.1) is 0 Å². The standard InChI is InChI=1S/C19H24N2OS/c1-13-7-8-16-14(2)11-17(20-19(16)15(13)3)23-12-18(22)21-9-5-4-6-10-21/h7-8,11H,4-6,9-10,12H2,1-3H3. The van der Waals surface area contributed by atoms with E-state index in [9.17, 15) is 4.79 Å². The number of carbonyl (C=O) groups is 1. The number of thioether (sulfide) groups is 1. The van der Waals surface area contributed by atoms with Gasteiger partial charge >= 0.3 is 0 Å². The Bertz CT molecular complexity index is 736. The van der Waals surface area contributed by atoms with Gasteiger partial charge in [-0.3, -0.25) is 4.79 Å². The van der Waals surface area contributed by atoms with Crippen molar-refractivity contribution in [3.8, 4) is 0 Å². The number of piperidine rings is 1. The Labute approximate surface area is 142 Å². The van der Waals surface area contributed by atoms with Crippen molar-refractivity contribution in [1.82, 2.24) is 9.88 Å². The lowest BCUT2D eigenvalue weighted by molar-refractivity contribution is -0.129. The first-order valence-corrected chi connectivity index (χ1v) is 9.33. The van der Waals surface area contributed by atoms with Gasteiger partial charge in [0.1, 0.15) is 0 Å². The highest BCUT2D eigenvalue weighted by Gasteiger charge is 2.17. The zero-order valence-electron chi connectivity index (χ0n) is 14.2. The van der Waals surface area contributed by atoms with Gasteiger partial charge in [0, 0.05) is 18.5 Å². The van der Waals surface area contributed by atoms with E-state index in [4.69, 9.17) is 4.98 Å². The molecule has 23 heavy (non-hydrogen) atoms. The molecule has 0 N–H and O–H groups in total. The van der Waals surface area contributed by atoms with Crippen molar-refractivity contribution in [3.63, 3.8) is 0 Å². The van der Waals surface area contributed by atoms with Crippen LogP contribution in [0, 0.1) is 20.8 Å². The SMILES string of the molecule is Cc1ccc2c(C)cc(SCC(=O)N3CCCCC3)nc2c1C. The summed E-state index contributed by atoms with van der Waals surface area (Å²) in [5, 5.41) is 2.16. The molecule has 1 saturated heterocycles. The summed E-state index contributed by atoms with van der Waals surface area (Å²) in [6, 6.07) is 6.40. The van der Waals surface area contributed by atoms with Crippen LogP contribution in [0.25, 0.3) is 10.9 Å². The Morgan fingerprint density at radius 3 is 2.61 bits per heavy atom. The highest BCUT2D eigenvalue weighted by molar-refractivity contribution is 7.99. The molecular weight excluding hydrogens is 304 g/mol. The van der Waals surface area contributed by atoms with Crippen molar-refractivity contribution in [2.45, 2.75) is 45.1 Å². The number of aryl methyl sites for hydroxylation is 3. The molecule has 1 aliphatic rings. The Hall–Kier alpha value is -1.55. The number of pyridine rings is 1. The van der Waals surface area contributed by atoms with Crippen molar-refractivity contribution in [3.05, 3.63) is 34.9 Å². The van der Waals surface area contributed by atoms with Crippen molar-refractivity contribution < 1.29 is 4.79 Å². The molecule has 3 rings (SSSR count). The van der Waals surface area contributed by atoms with Crippen LogP contribution in [0.4, 0.5) is 0 Å². The first-order valence-electron chi connectivity index (χ1n) is 8.34. The van der Waals surface area contributed by atoms with E-state index in [2.05, 4.69) is 39.0 Å². The van der Waals surface area contributed by atoms with Crippen molar-refractivity contribution in [2.75, 3.05) is 18.8 Å². The summed E-state index contributed by atoms with van der Waals surface area (Å²) in [4.78, 5) is 19.1. The molecule has 0 aliphatic carbocycles. The topological polar surface area (TPSA) is 33.2 Å². The molecule has 0 spiro atoms. The lowest BCUT2D eigenvalue weighted by Gasteiger charge is -2.26. The Morgan fingerprint density at radius 2 is 1.87 bits per heavy atom. The van der Waals surface area contributed by atoms with Gasteiger partial charge in [0.2, 0.25) is 5.91 Å². The van der Waals surface area contributed by atoms with Gasteiger partial charge in [0.05, 0.1) is 16.3 Å². The average Bonchev–Trinajstić information content (AvgIpc) is 2.57. The van der Waals surface area contributed by atoms with E-state index in [1.165, 1.54) is 28.5 Å². The largest absolute Gasteiger partial charge is 0.342 e. The highest BCUT2D eigenvalue weighted by atomic mass is 32.2. The van der Waals surface area contributed by atoms with Crippen molar-refractivity contribution in [2.24, 2.45) is 0 Å². The molecule has 1 aromatic heterocycles. The maximum absolute atomic E-state index is 12.3. The predicted octanol–water partition coefficient (Wildman–Crippen LogP) is 4.26. The third-order valence-corrected chi connectivity index (χ3v) is 5.64. The molecule has 1 amide bonds. The lowest BCUT2D eigenvalue weighted by Crippen LogP contribution is -2.36. The fraction of sp³-hybridized carbons (Fsp3) is 0.474. The molecule has 4 heteroatoms. The van der Waals surface area contributed by atoms with Gasteiger partial charge < -0.3 is 4.90 Å². The zero-order valence-corrected chi connectivity index (χ0v) is 15.0. The third kappa shape index (κ3) is 3.52. The first kappa shape index (κ1) is 16.3. The number of fused-ring (bicyclic) bond motifs is 1. The maximum Gasteiger partial charge on any atom is 0.232 e. The number of benzene rings is 1. The number of carbonyl (C=O) groups excluding carboxylic acids is 1. The Balaban J connectivity index is 1.77. The van der Waals surface area contributed by atoms with E-state index in [0.29, 0.717) is 5.75 Å². The quantitative estimate of drug-likeness (QED) is 0.789. The first-order chi connectivity index (χ1) is 11.1. The normalized spacial score (nSPS) is 15.2. The molecule has 1 fully saturated rings. The van der Waals surface area contributed by atoms with Gasteiger partial charge in [0.15, 0.2) is 0 Å².